The predicted octanol–water partition coefficient (Wildman–Crippen LogP) is 4.79. The van der Waals surface area contributed by atoms with Crippen LogP contribution in [0.15, 0.2) is 59.7 Å². The van der Waals surface area contributed by atoms with Crippen LogP contribution in [0.4, 0.5) is 18.9 Å². The van der Waals surface area contributed by atoms with Crippen molar-refractivity contribution in [2.75, 3.05) is 18.4 Å². The zero-order chi connectivity index (χ0) is 34.7. The van der Waals surface area contributed by atoms with Crippen LogP contribution in [-0.2, 0) is 29.4 Å². The first kappa shape index (κ1) is 32.2. The number of hydrogen-bond acceptors (Lipinski definition) is 8. The largest absolute Gasteiger partial charge is 0.504 e. The molecular weight excluding hydrogens is 665 g/mol. The van der Waals surface area contributed by atoms with Gasteiger partial charge in [0.1, 0.15) is 12.9 Å². The fourth-order valence-electron chi connectivity index (χ4n) is 6.79. The number of fused-ring (bicyclic) bond motifs is 3. The zero-order valence-electron chi connectivity index (χ0n) is 26.0. The van der Waals surface area contributed by atoms with Crippen molar-refractivity contribution in [1.82, 2.24) is 34.0 Å². The number of hydrogen-bond donors (Lipinski definition) is 2. The minimum Gasteiger partial charge on any atom is -0.504 e. The van der Waals surface area contributed by atoms with Crippen LogP contribution in [0.1, 0.15) is 52.3 Å². The van der Waals surface area contributed by atoms with Crippen LogP contribution >= 0.6 is 11.6 Å². The Bertz CT molecular complexity index is 2190. The van der Waals surface area contributed by atoms with E-state index >= 15 is 0 Å². The number of alkyl halides is 3. The molecule has 2 amide bonds. The summed E-state index contributed by atoms with van der Waals surface area (Å²) in [7, 11) is 0. The molecule has 2 aromatic carbocycles. The standard InChI is InChI=1S/C33H28ClF3N8O4/c1-18-27(47)26(39-17-38-18)30(49)43-13-11-32(12-14-43)10-9-23-25(32)29(48)45-31(41-28(42-45)19-5-3-2-4-6-19)44(23)16-24(46)40-22-8-7-20(15-21(22)34)33(35,36)37/h2-8,15,17,47H,9-14,16H2,1H3,(H,40,46). The van der Waals surface area contributed by atoms with E-state index in [0.717, 1.165) is 18.2 Å². The molecule has 1 saturated heterocycles. The van der Waals surface area contributed by atoms with Crippen LogP contribution < -0.4 is 10.9 Å². The number of likely N-dealkylation sites (tertiary alicyclic amines) is 1. The van der Waals surface area contributed by atoms with E-state index in [1.54, 1.807) is 40.7 Å². The first-order valence-corrected chi connectivity index (χ1v) is 15.8. The van der Waals surface area contributed by atoms with Crippen molar-refractivity contribution in [1.29, 1.82) is 0 Å². The van der Waals surface area contributed by atoms with Crippen LogP contribution in [0.3, 0.4) is 0 Å². The second-order valence-electron chi connectivity index (χ2n) is 12.2. The lowest BCUT2D eigenvalue weighted by Crippen LogP contribution is -2.46. The SMILES string of the molecule is Cc1ncnc(C(=O)N2CCC3(CCc4c3c(=O)n3nc(-c5ccccc5)nc3n4CC(=O)Nc3ccc(C(F)(F)F)cc3Cl)CC2)c1O. The van der Waals surface area contributed by atoms with Crippen LogP contribution in [0.2, 0.25) is 5.02 Å². The maximum absolute atomic E-state index is 14.3. The van der Waals surface area contributed by atoms with Gasteiger partial charge in [-0.25, -0.2) is 9.97 Å². The van der Waals surface area contributed by atoms with Gasteiger partial charge < -0.3 is 19.9 Å². The van der Waals surface area contributed by atoms with Crippen LogP contribution in [0.5, 0.6) is 5.75 Å². The second-order valence-corrected chi connectivity index (χ2v) is 12.6. The number of nitrogens with one attached hydrogen (secondary N) is 1. The summed E-state index contributed by atoms with van der Waals surface area (Å²) < 4.78 is 42.3. The Morgan fingerprint density at radius 1 is 1.06 bits per heavy atom. The van der Waals surface area contributed by atoms with E-state index in [2.05, 4.69) is 25.4 Å². The highest BCUT2D eigenvalue weighted by Gasteiger charge is 2.46. The highest BCUT2D eigenvalue weighted by atomic mass is 35.5. The van der Waals surface area contributed by atoms with E-state index in [0.29, 0.717) is 42.5 Å². The number of aromatic nitrogens is 6. The third-order valence-electron chi connectivity index (χ3n) is 9.34. The van der Waals surface area contributed by atoms with Gasteiger partial charge >= 0.3 is 6.18 Å². The molecule has 252 valence electrons. The molecule has 0 atom stereocenters. The van der Waals surface area contributed by atoms with Gasteiger partial charge in [0.2, 0.25) is 11.7 Å². The first-order valence-electron chi connectivity index (χ1n) is 15.4. The van der Waals surface area contributed by atoms with Crippen molar-refractivity contribution in [3.8, 4) is 17.1 Å². The zero-order valence-corrected chi connectivity index (χ0v) is 26.7. The minimum absolute atomic E-state index is 0.00162. The topological polar surface area (TPSA) is 148 Å². The number of aromatic hydroxyl groups is 1. The van der Waals surface area contributed by atoms with E-state index in [9.17, 15) is 32.7 Å². The Hall–Kier alpha value is -5.31. The molecule has 12 nitrogen and oxygen atoms in total. The highest BCUT2D eigenvalue weighted by molar-refractivity contribution is 6.33. The number of halogens is 4. The smallest absolute Gasteiger partial charge is 0.416 e. The van der Waals surface area contributed by atoms with Gasteiger partial charge in [-0.15, -0.1) is 5.10 Å². The van der Waals surface area contributed by atoms with Gasteiger partial charge in [-0.2, -0.15) is 22.7 Å². The Labute approximate surface area is 281 Å². The number of piperidine rings is 1. The molecule has 1 aliphatic heterocycles. The molecular formula is C33H28ClF3N8O4. The van der Waals surface area contributed by atoms with Crippen molar-refractivity contribution in [2.24, 2.45) is 0 Å². The van der Waals surface area contributed by atoms with E-state index in [1.165, 1.54) is 10.8 Å². The normalized spacial score (nSPS) is 15.5. The molecule has 4 heterocycles. The van der Waals surface area contributed by atoms with Crippen molar-refractivity contribution in [3.63, 3.8) is 0 Å². The van der Waals surface area contributed by atoms with Gasteiger partial charge in [-0.05, 0) is 50.8 Å². The third kappa shape index (κ3) is 5.67. The summed E-state index contributed by atoms with van der Waals surface area (Å²) in [4.78, 5) is 55.2. The molecule has 16 heteroatoms. The molecule has 1 spiro atoms. The van der Waals surface area contributed by atoms with Gasteiger partial charge in [0.25, 0.3) is 11.5 Å². The molecule has 0 unspecified atom stereocenters. The summed E-state index contributed by atoms with van der Waals surface area (Å²) in [6.07, 6.45) is -1.51. The summed E-state index contributed by atoms with van der Waals surface area (Å²) >= 11 is 6.11. The maximum atomic E-state index is 14.3. The van der Waals surface area contributed by atoms with Crippen molar-refractivity contribution in [2.45, 2.75) is 50.7 Å². The molecule has 2 aliphatic rings. The van der Waals surface area contributed by atoms with Crippen LogP contribution in [0, 0.1) is 6.92 Å². The van der Waals surface area contributed by atoms with E-state index in [1.807, 2.05) is 6.07 Å². The summed E-state index contributed by atoms with van der Waals surface area (Å²) in [5.41, 5.74) is -0.0173. The molecule has 49 heavy (non-hydrogen) atoms. The highest BCUT2D eigenvalue weighted by Crippen LogP contribution is 2.45. The number of nitrogens with zero attached hydrogens (tertiary/aromatic N) is 7. The molecule has 1 fully saturated rings. The summed E-state index contributed by atoms with van der Waals surface area (Å²) in [5, 5.41) is 17.2. The third-order valence-corrected chi connectivity index (χ3v) is 9.66. The molecule has 3 aromatic heterocycles. The lowest BCUT2D eigenvalue weighted by molar-refractivity contribution is -0.137. The van der Waals surface area contributed by atoms with E-state index in [4.69, 9.17) is 11.6 Å². The van der Waals surface area contributed by atoms with Crippen molar-refractivity contribution < 1.29 is 27.9 Å². The Balaban J connectivity index is 1.24. The van der Waals surface area contributed by atoms with E-state index in [-0.39, 0.29) is 64.6 Å². The quantitative estimate of drug-likeness (QED) is 0.267. The van der Waals surface area contributed by atoms with Crippen molar-refractivity contribution >= 4 is 34.9 Å². The molecule has 1 aliphatic carbocycles. The maximum Gasteiger partial charge on any atom is 0.416 e. The van der Waals surface area contributed by atoms with Gasteiger partial charge in [0.15, 0.2) is 17.3 Å². The number of carbonyl (C=O) groups is 2. The number of anilines is 1. The molecule has 0 saturated carbocycles. The number of carbonyl (C=O) groups excluding carboxylic acids is 2. The average Bonchev–Trinajstić information content (AvgIpc) is 3.69. The van der Waals surface area contributed by atoms with Gasteiger partial charge in [-0.1, -0.05) is 41.9 Å². The molecule has 5 aromatic rings. The van der Waals surface area contributed by atoms with Crippen LogP contribution in [-0.4, -0.2) is 64.0 Å². The lowest BCUT2D eigenvalue weighted by Gasteiger charge is -2.39. The average molecular weight is 693 g/mol. The first-order chi connectivity index (χ1) is 23.4. The Morgan fingerprint density at radius 2 is 1.80 bits per heavy atom. The Kier molecular flexibility index (Phi) is 7.89. The molecule has 2 N–H and O–H groups in total. The fraction of sp³-hybridized carbons (Fsp3) is 0.303. The molecule has 7 rings (SSSR count). The van der Waals surface area contributed by atoms with Gasteiger partial charge in [0.05, 0.1) is 22.0 Å². The number of aryl methyl sites for hydroxylation is 1. The van der Waals surface area contributed by atoms with Crippen LogP contribution in [0.25, 0.3) is 17.2 Å². The predicted molar refractivity (Wildman–Crippen MR) is 171 cm³/mol. The summed E-state index contributed by atoms with van der Waals surface area (Å²) in [5.74, 6) is -0.905. The Morgan fingerprint density at radius 3 is 2.49 bits per heavy atom. The second kappa shape index (κ2) is 12.0. The minimum atomic E-state index is -4.60. The lowest BCUT2D eigenvalue weighted by atomic mass is 9.74. The van der Waals surface area contributed by atoms with Gasteiger partial charge in [-0.3, -0.25) is 14.4 Å². The fourth-order valence-corrected chi connectivity index (χ4v) is 7.02. The number of rotatable bonds is 5. The summed E-state index contributed by atoms with van der Waals surface area (Å²) in [6, 6.07) is 11.7. The number of benzene rings is 2. The number of amides is 2. The van der Waals surface area contributed by atoms with Gasteiger partial charge in [0, 0.05) is 35.3 Å². The molecule has 0 bridgehead atoms. The van der Waals surface area contributed by atoms with Crippen molar-refractivity contribution in [3.05, 3.63) is 98.4 Å². The summed E-state index contributed by atoms with van der Waals surface area (Å²) in [6.45, 7) is 1.82. The van der Waals surface area contributed by atoms with E-state index < -0.39 is 29.0 Å². The molecule has 0 radical (unpaired) electrons. The monoisotopic (exact) mass is 692 g/mol.